The van der Waals surface area contributed by atoms with Gasteiger partial charge in [-0.05, 0) is 48.3 Å². The SMILES string of the molecule is CC12CCC(CC1=N/N=C/c1ccc([N+](=O)[O-])cc1)C2(C)C. The molecule has 0 aromatic heterocycles. The van der Waals surface area contributed by atoms with Crippen molar-refractivity contribution in [2.45, 2.75) is 40.0 Å². The molecule has 0 radical (unpaired) electrons. The van der Waals surface area contributed by atoms with Crippen LogP contribution in [0.3, 0.4) is 0 Å². The Labute approximate surface area is 130 Å². The molecule has 2 aliphatic carbocycles. The molecular weight excluding hydrogens is 278 g/mol. The van der Waals surface area contributed by atoms with Crippen molar-refractivity contribution in [3.05, 3.63) is 39.9 Å². The molecule has 2 aliphatic rings. The third-order valence-electron chi connectivity index (χ3n) is 6.00. The predicted molar refractivity (Wildman–Crippen MR) is 87.4 cm³/mol. The summed E-state index contributed by atoms with van der Waals surface area (Å²) in [5.41, 5.74) is 2.57. The average molecular weight is 299 g/mol. The monoisotopic (exact) mass is 299 g/mol. The smallest absolute Gasteiger partial charge is 0.258 e. The number of benzene rings is 1. The number of hydrogen-bond donors (Lipinski definition) is 0. The Morgan fingerprint density at radius 2 is 1.95 bits per heavy atom. The molecule has 1 aromatic rings. The van der Waals surface area contributed by atoms with Crippen LogP contribution in [0, 0.1) is 26.9 Å². The van der Waals surface area contributed by atoms with E-state index < -0.39 is 4.92 Å². The van der Waals surface area contributed by atoms with E-state index in [0.717, 1.165) is 12.0 Å². The summed E-state index contributed by atoms with van der Waals surface area (Å²) >= 11 is 0. The van der Waals surface area contributed by atoms with Crippen molar-refractivity contribution < 1.29 is 4.92 Å². The number of hydrogen-bond acceptors (Lipinski definition) is 4. The van der Waals surface area contributed by atoms with Crippen molar-refractivity contribution in [1.82, 2.24) is 0 Å². The highest BCUT2D eigenvalue weighted by molar-refractivity contribution is 5.94. The van der Waals surface area contributed by atoms with Crippen molar-refractivity contribution in [1.29, 1.82) is 0 Å². The van der Waals surface area contributed by atoms with E-state index in [-0.39, 0.29) is 11.1 Å². The molecule has 0 amide bonds. The van der Waals surface area contributed by atoms with E-state index in [9.17, 15) is 10.1 Å². The number of non-ortho nitro benzene ring substituents is 1. The molecular formula is C17H21N3O2. The first-order valence-electron chi connectivity index (χ1n) is 7.69. The van der Waals surface area contributed by atoms with Gasteiger partial charge in [-0.3, -0.25) is 10.1 Å². The molecule has 0 aliphatic heterocycles. The summed E-state index contributed by atoms with van der Waals surface area (Å²) in [5, 5.41) is 19.3. The fourth-order valence-corrected chi connectivity index (χ4v) is 3.93. The molecule has 5 heteroatoms. The molecule has 22 heavy (non-hydrogen) atoms. The van der Waals surface area contributed by atoms with Gasteiger partial charge in [-0.15, -0.1) is 0 Å². The lowest BCUT2D eigenvalue weighted by Gasteiger charge is -2.34. The molecule has 0 N–H and O–H groups in total. The molecule has 2 atom stereocenters. The van der Waals surface area contributed by atoms with Gasteiger partial charge < -0.3 is 0 Å². The Hall–Kier alpha value is -2.04. The van der Waals surface area contributed by atoms with E-state index in [1.807, 2.05) is 0 Å². The molecule has 116 valence electrons. The zero-order chi connectivity index (χ0) is 16.0. The third-order valence-corrected chi connectivity index (χ3v) is 6.00. The minimum absolute atomic E-state index is 0.0887. The molecule has 0 saturated heterocycles. The number of rotatable bonds is 3. The van der Waals surface area contributed by atoms with Crippen LogP contribution in [0.25, 0.3) is 0 Å². The van der Waals surface area contributed by atoms with Gasteiger partial charge in [-0.25, -0.2) is 0 Å². The lowest BCUT2D eigenvalue weighted by molar-refractivity contribution is -0.384. The molecule has 2 unspecified atom stereocenters. The topological polar surface area (TPSA) is 67.9 Å². The molecule has 0 heterocycles. The van der Waals surface area contributed by atoms with Gasteiger partial charge in [0.1, 0.15) is 0 Å². The van der Waals surface area contributed by atoms with Gasteiger partial charge in [0.15, 0.2) is 0 Å². The largest absolute Gasteiger partial charge is 0.269 e. The second-order valence-corrected chi connectivity index (χ2v) is 7.13. The summed E-state index contributed by atoms with van der Waals surface area (Å²) in [6, 6.07) is 6.34. The highest BCUT2D eigenvalue weighted by Gasteiger charge is 2.59. The summed E-state index contributed by atoms with van der Waals surface area (Å²) in [7, 11) is 0. The van der Waals surface area contributed by atoms with Gasteiger partial charge in [0, 0.05) is 23.3 Å². The van der Waals surface area contributed by atoms with Gasteiger partial charge in [0.05, 0.1) is 11.1 Å². The van der Waals surface area contributed by atoms with Crippen LogP contribution >= 0.6 is 0 Å². The van der Waals surface area contributed by atoms with E-state index in [1.165, 1.54) is 30.7 Å². The Morgan fingerprint density at radius 1 is 1.27 bits per heavy atom. The van der Waals surface area contributed by atoms with Crippen molar-refractivity contribution in [2.24, 2.45) is 27.0 Å². The van der Waals surface area contributed by atoms with Crippen molar-refractivity contribution in [2.75, 3.05) is 0 Å². The molecule has 2 fully saturated rings. The van der Waals surface area contributed by atoms with Crippen molar-refractivity contribution in [3.63, 3.8) is 0 Å². The molecule has 2 saturated carbocycles. The number of nitro groups is 1. The van der Waals surface area contributed by atoms with E-state index >= 15 is 0 Å². The maximum absolute atomic E-state index is 10.6. The molecule has 1 aromatic carbocycles. The predicted octanol–water partition coefficient (Wildman–Crippen LogP) is 4.22. The van der Waals surface area contributed by atoms with Gasteiger partial charge in [-0.1, -0.05) is 20.8 Å². The van der Waals surface area contributed by atoms with Crippen LogP contribution in [0.4, 0.5) is 5.69 Å². The van der Waals surface area contributed by atoms with Crippen LogP contribution < -0.4 is 0 Å². The Kier molecular flexibility index (Phi) is 3.38. The average Bonchev–Trinajstić information content (AvgIpc) is 2.81. The quantitative estimate of drug-likeness (QED) is 0.476. The second kappa shape index (κ2) is 5.00. The number of nitro benzene ring substituents is 1. The summed E-state index contributed by atoms with van der Waals surface area (Å²) in [6.45, 7) is 6.99. The zero-order valence-electron chi connectivity index (χ0n) is 13.2. The number of nitrogens with zero attached hydrogens (tertiary/aromatic N) is 3. The van der Waals surface area contributed by atoms with Crippen LogP contribution in [0.5, 0.6) is 0 Å². The normalized spacial score (nSPS) is 31.2. The Morgan fingerprint density at radius 3 is 2.45 bits per heavy atom. The zero-order valence-corrected chi connectivity index (χ0v) is 13.2. The fourth-order valence-electron chi connectivity index (χ4n) is 3.93. The summed E-state index contributed by atoms with van der Waals surface area (Å²) < 4.78 is 0. The van der Waals surface area contributed by atoms with Crippen LogP contribution in [-0.2, 0) is 0 Å². The lowest BCUT2D eigenvalue weighted by atomic mass is 9.70. The Balaban J connectivity index is 1.76. The van der Waals surface area contributed by atoms with Crippen LogP contribution in [0.2, 0.25) is 0 Å². The molecule has 5 nitrogen and oxygen atoms in total. The maximum atomic E-state index is 10.6. The van der Waals surface area contributed by atoms with Gasteiger partial charge in [-0.2, -0.15) is 10.2 Å². The molecule has 0 spiro atoms. The third kappa shape index (κ3) is 2.16. The first kappa shape index (κ1) is 14.9. The van der Waals surface area contributed by atoms with Crippen LogP contribution in [0.15, 0.2) is 34.5 Å². The molecule has 2 bridgehead atoms. The Bertz CT molecular complexity index is 661. The van der Waals surface area contributed by atoms with Crippen molar-refractivity contribution >= 4 is 17.6 Å². The highest BCUT2D eigenvalue weighted by Crippen LogP contribution is 2.63. The summed E-state index contributed by atoms with van der Waals surface area (Å²) in [4.78, 5) is 10.2. The van der Waals surface area contributed by atoms with E-state index in [2.05, 4.69) is 31.0 Å². The van der Waals surface area contributed by atoms with Gasteiger partial charge >= 0.3 is 0 Å². The van der Waals surface area contributed by atoms with E-state index in [4.69, 9.17) is 0 Å². The first-order valence-corrected chi connectivity index (χ1v) is 7.69. The fraction of sp³-hybridized carbons (Fsp3) is 0.529. The van der Waals surface area contributed by atoms with Crippen molar-refractivity contribution in [3.8, 4) is 0 Å². The summed E-state index contributed by atoms with van der Waals surface area (Å²) in [6.07, 6.45) is 5.19. The highest BCUT2D eigenvalue weighted by atomic mass is 16.6. The standard InChI is InChI=1S/C17H21N3O2/c1-16(2)13-8-9-17(16,3)15(10-13)19-18-11-12-4-6-14(7-5-12)20(21)22/h4-7,11,13H,8-10H2,1-3H3/b18-11+,19-15?. The maximum Gasteiger partial charge on any atom is 0.269 e. The van der Waals surface area contributed by atoms with Crippen LogP contribution in [-0.4, -0.2) is 16.8 Å². The summed E-state index contributed by atoms with van der Waals surface area (Å²) in [5.74, 6) is 0.714. The lowest BCUT2D eigenvalue weighted by Crippen LogP contribution is -2.32. The second-order valence-electron chi connectivity index (χ2n) is 7.13. The number of fused-ring (bicyclic) bond motifs is 2. The van der Waals surface area contributed by atoms with E-state index in [0.29, 0.717) is 11.3 Å². The van der Waals surface area contributed by atoms with E-state index in [1.54, 1.807) is 18.3 Å². The molecule has 3 rings (SSSR count). The van der Waals surface area contributed by atoms with Crippen LogP contribution in [0.1, 0.15) is 45.6 Å². The first-order chi connectivity index (χ1) is 10.3. The minimum atomic E-state index is -0.403. The van der Waals surface area contributed by atoms with Gasteiger partial charge in [0.2, 0.25) is 0 Å². The van der Waals surface area contributed by atoms with Gasteiger partial charge in [0.25, 0.3) is 5.69 Å². The minimum Gasteiger partial charge on any atom is -0.258 e.